The molecule has 0 bridgehead atoms. The van der Waals surface area contributed by atoms with Crippen molar-refractivity contribution in [2.75, 3.05) is 5.32 Å². The van der Waals surface area contributed by atoms with Gasteiger partial charge in [0.25, 0.3) is 5.91 Å². The zero-order valence-corrected chi connectivity index (χ0v) is 13.8. The van der Waals surface area contributed by atoms with Gasteiger partial charge >= 0.3 is 0 Å². The fourth-order valence-electron chi connectivity index (χ4n) is 2.30. The first kappa shape index (κ1) is 15.9. The Labute approximate surface area is 139 Å². The molecule has 0 saturated heterocycles. The number of hydrogen-bond donors (Lipinski definition) is 1. The predicted octanol–water partition coefficient (Wildman–Crippen LogP) is 3.56. The van der Waals surface area contributed by atoms with E-state index in [1.165, 1.54) is 0 Å². The second-order valence-corrected chi connectivity index (χ2v) is 5.54. The topological polar surface area (TPSA) is 80.9 Å². The molecule has 1 amide bonds. The summed E-state index contributed by atoms with van der Waals surface area (Å²) in [5, 5.41) is 6.69. The number of aromatic nitrogens is 3. The maximum Gasteiger partial charge on any atom is 0.295 e. The Hall–Kier alpha value is -3.02. The molecule has 1 N–H and O–H groups in total. The van der Waals surface area contributed by atoms with Crippen LogP contribution in [0.25, 0.3) is 11.3 Å². The summed E-state index contributed by atoms with van der Waals surface area (Å²) >= 11 is 0. The van der Waals surface area contributed by atoms with Gasteiger partial charge in [0.1, 0.15) is 17.3 Å². The third kappa shape index (κ3) is 3.48. The number of aryl methyl sites for hydroxylation is 3. The van der Waals surface area contributed by atoms with Crippen LogP contribution < -0.4 is 5.32 Å². The average molecular weight is 322 g/mol. The molecule has 3 rings (SSSR count). The van der Waals surface area contributed by atoms with E-state index in [2.05, 4.69) is 20.4 Å². The fourth-order valence-corrected chi connectivity index (χ4v) is 2.30. The van der Waals surface area contributed by atoms with Crippen LogP contribution in [0.2, 0.25) is 0 Å². The van der Waals surface area contributed by atoms with E-state index < -0.39 is 0 Å². The van der Waals surface area contributed by atoms with Gasteiger partial charge in [-0.2, -0.15) is 0 Å². The van der Waals surface area contributed by atoms with Crippen molar-refractivity contribution in [3.05, 3.63) is 59.2 Å². The molecule has 2 heterocycles. The van der Waals surface area contributed by atoms with Gasteiger partial charge in [-0.3, -0.25) is 4.79 Å². The van der Waals surface area contributed by atoms with Crippen molar-refractivity contribution >= 4 is 11.7 Å². The standard InChI is InChI=1S/C18H18N4O2/c1-4-14-9-17(20-12(3)19-14)21-18(23)16-10-15(22-24-16)13-7-5-11(2)6-8-13/h5-10H,4H2,1-3H3,(H,19,20,21,23). The largest absolute Gasteiger partial charge is 0.350 e. The van der Waals surface area contributed by atoms with E-state index in [1.54, 1.807) is 19.1 Å². The molecular formula is C18H18N4O2. The quantitative estimate of drug-likeness (QED) is 0.794. The van der Waals surface area contributed by atoms with Crippen molar-refractivity contribution in [3.63, 3.8) is 0 Å². The number of carbonyl (C=O) groups excluding carboxylic acids is 1. The molecule has 0 aliphatic carbocycles. The average Bonchev–Trinajstić information content (AvgIpc) is 3.05. The summed E-state index contributed by atoms with van der Waals surface area (Å²) in [5.41, 5.74) is 3.55. The SMILES string of the molecule is CCc1cc(NC(=O)c2cc(-c3ccc(C)cc3)no2)nc(C)n1. The number of hydrogen-bond acceptors (Lipinski definition) is 5. The van der Waals surface area contributed by atoms with Crippen molar-refractivity contribution in [1.82, 2.24) is 15.1 Å². The number of nitrogens with one attached hydrogen (secondary N) is 1. The molecule has 1 aromatic carbocycles. The van der Waals surface area contributed by atoms with Gasteiger partial charge in [0.05, 0.1) is 0 Å². The number of rotatable bonds is 4. The summed E-state index contributed by atoms with van der Waals surface area (Å²) in [5.74, 6) is 0.820. The van der Waals surface area contributed by atoms with E-state index in [9.17, 15) is 4.79 Å². The van der Waals surface area contributed by atoms with Crippen LogP contribution in [0.15, 0.2) is 40.9 Å². The lowest BCUT2D eigenvalue weighted by Crippen LogP contribution is -2.13. The molecule has 0 aliphatic rings. The highest BCUT2D eigenvalue weighted by Gasteiger charge is 2.15. The lowest BCUT2D eigenvalue weighted by molar-refractivity contribution is 0.0987. The van der Waals surface area contributed by atoms with E-state index >= 15 is 0 Å². The molecule has 6 nitrogen and oxygen atoms in total. The first-order valence-corrected chi connectivity index (χ1v) is 7.75. The van der Waals surface area contributed by atoms with E-state index in [1.807, 2.05) is 38.1 Å². The van der Waals surface area contributed by atoms with E-state index in [-0.39, 0.29) is 11.7 Å². The second-order valence-electron chi connectivity index (χ2n) is 5.54. The highest BCUT2D eigenvalue weighted by atomic mass is 16.5. The van der Waals surface area contributed by atoms with Crippen LogP contribution in [-0.2, 0) is 6.42 Å². The summed E-state index contributed by atoms with van der Waals surface area (Å²) < 4.78 is 5.16. The molecule has 6 heteroatoms. The molecule has 24 heavy (non-hydrogen) atoms. The molecular weight excluding hydrogens is 304 g/mol. The number of nitrogens with zero attached hydrogens (tertiary/aromatic N) is 3. The Morgan fingerprint density at radius 1 is 1.12 bits per heavy atom. The van der Waals surface area contributed by atoms with E-state index in [0.29, 0.717) is 17.3 Å². The molecule has 0 unspecified atom stereocenters. The Kier molecular flexibility index (Phi) is 4.37. The first-order chi connectivity index (χ1) is 11.5. The van der Waals surface area contributed by atoms with Crippen LogP contribution in [0.3, 0.4) is 0 Å². The number of carbonyl (C=O) groups is 1. The summed E-state index contributed by atoms with van der Waals surface area (Å²) in [6, 6.07) is 11.2. The monoisotopic (exact) mass is 322 g/mol. The van der Waals surface area contributed by atoms with Gasteiger partial charge in [-0.25, -0.2) is 9.97 Å². The van der Waals surface area contributed by atoms with Gasteiger partial charge in [-0.1, -0.05) is 41.9 Å². The maximum absolute atomic E-state index is 12.3. The summed E-state index contributed by atoms with van der Waals surface area (Å²) in [6.07, 6.45) is 0.770. The zero-order chi connectivity index (χ0) is 17.1. The van der Waals surface area contributed by atoms with Crippen LogP contribution in [0.1, 0.15) is 34.6 Å². The Balaban J connectivity index is 1.79. The molecule has 0 aliphatic heterocycles. The molecule has 122 valence electrons. The number of anilines is 1. The van der Waals surface area contributed by atoms with Crippen LogP contribution >= 0.6 is 0 Å². The zero-order valence-electron chi connectivity index (χ0n) is 13.8. The van der Waals surface area contributed by atoms with Crippen molar-refractivity contribution in [2.24, 2.45) is 0 Å². The molecule has 0 atom stereocenters. The van der Waals surface area contributed by atoms with E-state index in [0.717, 1.165) is 23.2 Å². The smallest absolute Gasteiger partial charge is 0.295 e. The minimum atomic E-state index is -0.388. The van der Waals surface area contributed by atoms with E-state index in [4.69, 9.17) is 4.52 Å². The van der Waals surface area contributed by atoms with Gasteiger partial charge in [-0.05, 0) is 20.3 Å². The van der Waals surface area contributed by atoms with Gasteiger partial charge in [-0.15, -0.1) is 0 Å². The van der Waals surface area contributed by atoms with Crippen LogP contribution in [0.4, 0.5) is 5.82 Å². The summed E-state index contributed by atoms with van der Waals surface area (Å²) in [4.78, 5) is 20.8. The Morgan fingerprint density at radius 3 is 2.58 bits per heavy atom. The van der Waals surface area contributed by atoms with Crippen LogP contribution in [-0.4, -0.2) is 21.0 Å². The molecule has 0 spiro atoms. The van der Waals surface area contributed by atoms with Crippen molar-refractivity contribution in [3.8, 4) is 11.3 Å². The number of amides is 1. The van der Waals surface area contributed by atoms with Crippen molar-refractivity contribution < 1.29 is 9.32 Å². The lowest BCUT2D eigenvalue weighted by atomic mass is 10.1. The second kappa shape index (κ2) is 6.62. The first-order valence-electron chi connectivity index (χ1n) is 7.75. The summed E-state index contributed by atoms with van der Waals surface area (Å²) in [6.45, 7) is 5.80. The molecule has 2 aromatic heterocycles. The van der Waals surface area contributed by atoms with Crippen molar-refractivity contribution in [1.29, 1.82) is 0 Å². The Morgan fingerprint density at radius 2 is 1.88 bits per heavy atom. The fraction of sp³-hybridized carbons (Fsp3) is 0.222. The minimum Gasteiger partial charge on any atom is -0.350 e. The number of benzene rings is 1. The molecule has 0 fully saturated rings. The lowest BCUT2D eigenvalue weighted by Gasteiger charge is -2.05. The summed E-state index contributed by atoms with van der Waals surface area (Å²) in [7, 11) is 0. The molecule has 3 aromatic rings. The van der Waals surface area contributed by atoms with Crippen molar-refractivity contribution in [2.45, 2.75) is 27.2 Å². The van der Waals surface area contributed by atoms with Gasteiger partial charge in [0.2, 0.25) is 5.76 Å². The minimum absolute atomic E-state index is 0.139. The highest BCUT2D eigenvalue weighted by Crippen LogP contribution is 2.20. The maximum atomic E-state index is 12.3. The van der Waals surface area contributed by atoms with Crippen LogP contribution in [0, 0.1) is 13.8 Å². The van der Waals surface area contributed by atoms with Gasteiger partial charge in [0.15, 0.2) is 0 Å². The third-order valence-corrected chi connectivity index (χ3v) is 3.58. The Bertz CT molecular complexity index is 869. The van der Waals surface area contributed by atoms with Gasteiger partial charge in [0, 0.05) is 23.4 Å². The highest BCUT2D eigenvalue weighted by molar-refractivity contribution is 6.02. The third-order valence-electron chi connectivity index (χ3n) is 3.58. The molecule has 0 saturated carbocycles. The normalized spacial score (nSPS) is 10.6. The predicted molar refractivity (Wildman–Crippen MR) is 90.8 cm³/mol. The van der Waals surface area contributed by atoms with Gasteiger partial charge < -0.3 is 9.84 Å². The van der Waals surface area contributed by atoms with Crippen LogP contribution in [0.5, 0.6) is 0 Å². The molecule has 0 radical (unpaired) electrons.